The summed E-state index contributed by atoms with van der Waals surface area (Å²) in [6, 6.07) is 26.3. The lowest BCUT2D eigenvalue weighted by Gasteiger charge is -2.34. The Morgan fingerprint density at radius 3 is 1.67 bits per heavy atom. The Balaban J connectivity index is 1.01. The zero-order valence-corrected chi connectivity index (χ0v) is 38.9. The Morgan fingerprint density at radius 2 is 1.20 bits per heavy atom. The highest BCUT2D eigenvalue weighted by Gasteiger charge is 2.38. The topological polar surface area (TPSA) is 140 Å². The van der Waals surface area contributed by atoms with Gasteiger partial charge in [-0.15, -0.1) is 0 Å². The second-order valence-electron chi connectivity index (χ2n) is 19.8. The minimum atomic E-state index is -0.675. The molecule has 3 saturated heterocycles. The van der Waals surface area contributed by atoms with E-state index in [0.29, 0.717) is 18.9 Å². The number of nitrogens with one attached hydrogen (secondary N) is 3. The Labute approximate surface area is 378 Å². The van der Waals surface area contributed by atoms with Crippen molar-refractivity contribution in [2.75, 3.05) is 25.1 Å². The SMILES string of the molecule is COC(=O)N[C@H](C(=O)N1CCC[C@H]1c1cnc(-c2ccc([C@H]3CC[C@H](c4ccc(-c5ncc([C@@H]6CCCN6C(=O)CC(C)C)[nH]5)cc4)N3c3ccc(C(C)(C)C)cc3)cc2)[nH]1)C(C)C. The van der Waals surface area contributed by atoms with Gasteiger partial charge in [0.05, 0.1) is 55.1 Å². The van der Waals surface area contributed by atoms with E-state index in [9.17, 15) is 14.4 Å². The van der Waals surface area contributed by atoms with Crippen LogP contribution >= 0.6 is 0 Å². The molecule has 5 atom stereocenters. The molecule has 0 spiro atoms. The van der Waals surface area contributed by atoms with Gasteiger partial charge in [0.15, 0.2) is 0 Å². The van der Waals surface area contributed by atoms with Crippen LogP contribution in [-0.4, -0.2) is 73.9 Å². The van der Waals surface area contributed by atoms with Gasteiger partial charge in [-0.25, -0.2) is 14.8 Å². The fraction of sp³-hybridized carbons (Fsp3) is 0.481. The monoisotopic (exact) mass is 867 g/mol. The third-order valence-electron chi connectivity index (χ3n) is 13.5. The molecule has 64 heavy (non-hydrogen) atoms. The van der Waals surface area contributed by atoms with Crippen molar-refractivity contribution in [1.82, 2.24) is 35.1 Å². The summed E-state index contributed by atoms with van der Waals surface area (Å²) in [4.78, 5) is 62.1. The molecule has 5 aromatic rings. The molecule has 5 heterocycles. The first-order valence-electron chi connectivity index (χ1n) is 23.3. The molecular formula is C52H66N8O4. The highest BCUT2D eigenvalue weighted by molar-refractivity contribution is 5.86. The number of carbonyl (C=O) groups excluding carboxylic acids is 3. The number of ether oxygens (including phenoxy) is 1. The molecular weight excluding hydrogens is 801 g/mol. The van der Waals surface area contributed by atoms with Gasteiger partial charge in [-0.05, 0) is 84.6 Å². The van der Waals surface area contributed by atoms with Crippen LogP contribution in [0.3, 0.4) is 0 Å². The number of hydrogen-bond donors (Lipinski definition) is 3. The molecule has 12 nitrogen and oxygen atoms in total. The molecule has 0 aliphatic carbocycles. The molecule has 3 fully saturated rings. The number of H-pyrrole nitrogens is 2. The second kappa shape index (κ2) is 18.7. The van der Waals surface area contributed by atoms with Gasteiger partial charge < -0.3 is 34.7 Å². The number of rotatable bonds is 12. The lowest BCUT2D eigenvalue weighted by atomic mass is 9.87. The normalized spacial score (nSPS) is 20.7. The van der Waals surface area contributed by atoms with Crippen molar-refractivity contribution in [3.8, 4) is 22.8 Å². The summed E-state index contributed by atoms with van der Waals surface area (Å²) in [5, 5.41) is 2.74. The van der Waals surface area contributed by atoms with E-state index >= 15 is 0 Å². The number of benzene rings is 3. The standard InChI is InChI=1S/C52H66N8O4/c1-32(2)29-46(61)58-27-9-11-44(58)40-30-53-48(55-40)36-17-13-34(14-18-36)42-25-26-43(60(42)39-23-21-38(22-24-39)52(5,6)7)35-15-19-37(20-16-35)49-54-31-41(56-49)45-12-10-28-59(45)50(62)47(33(3)4)57-51(63)64-8/h13-24,30-33,42-45,47H,9-12,25-29H2,1-8H3,(H,53,55)(H,54,56)(H,57,63)/t42-,43-,44+,45+,47+/m1/s1. The molecule has 0 radical (unpaired) electrons. The van der Waals surface area contributed by atoms with E-state index < -0.39 is 12.1 Å². The summed E-state index contributed by atoms with van der Waals surface area (Å²) in [5.74, 6) is 1.94. The van der Waals surface area contributed by atoms with E-state index in [1.807, 2.05) is 36.0 Å². The lowest BCUT2D eigenvalue weighted by molar-refractivity contribution is -0.135. The van der Waals surface area contributed by atoms with Gasteiger partial charge >= 0.3 is 6.09 Å². The number of hydrogen-bond acceptors (Lipinski definition) is 7. The molecule has 8 rings (SSSR count). The average Bonchev–Trinajstić information content (AvgIpc) is 4.14. The molecule has 2 aromatic heterocycles. The molecule has 3 amide bonds. The molecule has 3 aliphatic rings. The first kappa shape index (κ1) is 44.7. The summed E-state index contributed by atoms with van der Waals surface area (Å²) in [5.41, 5.74) is 8.97. The highest BCUT2D eigenvalue weighted by Crippen LogP contribution is 2.48. The van der Waals surface area contributed by atoms with Crippen molar-refractivity contribution in [2.45, 2.75) is 129 Å². The van der Waals surface area contributed by atoms with Crippen molar-refractivity contribution < 1.29 is 19.1 Å². The number of carbonyl (C=O) groups is 3. The summed E-state index contributed by atoms with van der Waals surface area (Å²) < 4.78 is 4.81. The van der Waals surface area contributed by atoms with E-state index in [1.54, 1.807) is 0 Å². The number of likely N-dealkylation sites (tertiary alicyclic amines) is 2. The molecule has 0 bridgehead atoms. The highest BCUT2D eigenvalue weighted by atomic mass is 16.5. The summed E-state index contributed by atoms with van der Waals surface area (Å²) >= 11 is 0. The minimum absolute atomic E-state index is 0.0491. The number of methoxy groups -OCH3 is 1. The molecule has 0 unspecified atom stereocenters. The largest absolute Gasteiger partial charge is 0.453 e. The van der Waals surface area contributed by atoms with E-state index in [0.717, 1.165) is 79.2 Å². The number of alkyl carbamates (subject to hydrolysis) is 1. The molecule has 338 valence electrons. The number of nitrogens with zero attached hydrogens (tertiary/aromatic N) is 5. The van der Waals surface area contributed by atoms with Crippen LogP contribution in [0.25, 0.3) is 22.8 Å². The third kappa shape index (κ3) is 9.33. The Morgan fingerprint density at radius 1 is 0.703 bits per heavy atom. The number of aromatic nitrogens is 4. The number of anilines is 1. The summed E-state index contributed by atoms with van der Waals surface area (Å²) in [6.07, 6.45) is 9.38. The van der Waals surface area contributed by atoms with Crippen LogP contribution in [0.4, 0.5) is 10.5 Å². The van der Waals surface area contributed by atoms with Crippen molar-refractivity contribution in [3.05, 3.63) is 113 Å². The van der Waals surface area contributed by atoms with Crippen LogP contribution in [0, 0.1) is 11.8 Å². The van der Waals surface area contributed by atoms with Crippen LogP contribution < -0.4 is 10.2 Å². The summed E-state index contributed by atoms with van der Waals surface area (Å²) in [7, 11) is 1.31. The lowest BCUT2D eigenvalue weighted by Crippen LogP contribution is -2.51. The van der Waals surface area contributed by atoms with E-state index in [2.05, 4.69) is 128 Å². The number of amides is 3. The van der Waals surface area contributed by atoms with E-state index in [4.69, 9.17) is 14.7 Å². The van der Waals surface area contributed by atoms with Crippen molar-refractivity contribution in [1.29, 1.82) is 0 Å². The maximum absolute atomic E-state index is 13.7. The van der Waals surface area contributed by atoms with E-state index in [1.165, 1.54) is 29.5 Å². The number of imidazole rings is 2. The average molecular weight is 867 g/mol. The van der Waals surface area contributed by atoms with Gasteiger partial charge in [-0.1, -0.05) is 109 Å². The van der Waals surface area contributed by atoms with Crippen LogP contribution in [0.1, 0.15) is 146 Å². The maximum Gasteiger partial charge on any atom is 0.407 e. The second-order valence-corrected chi connectivity index (χ2v) is 19.8. The Kier molecular flexibility index (Phi) is 13.0. The Bertz CT molecular complexity index is 2390. The van der Waals surface area contributed by atoms with Crippen molar-refractivity contribution >= 4 is 23.6 Å². The molecule has 3 N–H and O–H groups in total. The number of aromatic amines is 2. The minimum Gasteiger partial charge on any atom is -0.453 e. The van der Waals surface area contributed by atoms with E-state index in [-0.39, 0.29) is 47.3 Å². The predicted molar refractivity (Wildman–Crippen MR) is 251 cm³/mol. The summed E-state index contributed by atoms with van der Waals surface area (Å²) in [6.45, 7) is 16.2. The quantitative estimate of drug-likeness (QED) is 0.113. The van der Waals surface area contributed by atoms with Gasteiger partial charge in [0.1, 0.15) is 17.7 Å². The smallest absolute Gasteiger partial charge is 0.407 e. The molecule has 12 heteroatoms. The molecule has 0 saturated carbocycles. The van der Waals surface area contributed by atoms with Crippen LogP contribution in [-0.2, 0) is 19.7 Å². The fourth-order valence-corrected chi connectivity index (χ4v) is 10.1. The first-order chi connectivity index (χ1) is 30.7. The zero-order valence-electron chi connectivity index (χ0n) is 38.9. The molecule has 3 aliphatic heterocycles. The Hall–Kier alpha value is -5.91. The van der Waals surface area contributed by atoms with Crippen LogP contribution in [0.5, 0.6) is 0 Å². The van der Waals surface area contributed by atoms with Crippen LogP contribution in [0.15, 0.2) is 85.2 Å². The molecule has 3 aromatic carbocycles. The maximum atomic E-state index is 13.7. The van der Waals surface area contributed by atoms with Crippen LogP contribution in [0.2, 0.25) is 0 Å². The van der Waals surface area contributed by atoms with Gasteiger partial charge in [0.2, 0.25) is 11.8 Å². The van der Waals surface area contributed by atoms with Crippen molar-refractivity contribution in [3.63, 3.8) is 0 Å². The van der Waals surface area contributed by atoms with Gasteiger partial charge in [0, 0.05) is 36.3 Å². The zero-order chi connectivity index (χ0) is 45.3. The third-order valence-corrected chi connectivity index (χ3v) is 13.5. The first-order valence-corrected chi connectivity index (χ1v) is 23.3. The van der Waals surface area contributed by atoms with Gasteiger partial charge in [-0.2, -0.15) is 0 Å². The fourth-order valence-electron chi connectivity index (χ4n) is 10.1. The van der Waals surface area contributed by atoms with Crippen molar-refractivity contribution in [2.24, 2.45) is 11.8 Å². The van der Waals surface area contributed by atoms with Gasteiger partial charge in [-0.3, -0.25) is 9.59 Å². The predicted octanol–water partition coefficient (Wildman–Crippen LogP) is 10.6. The van der Waals surface area contributed by atoms with Gasteiger partial charge in [0.25, 0.3) is 0 Å².